The van der Waals surface area contributed by atoms with Crippen molar-refractivity contribution in [1.29, 1.82) is 0 Å². The van der Waals surface area contributed by atoms with Crippen LogP contribution in [0.4, 0.5) is 0 Å². The maximum Gasteiger partial charge on any atom is 0.318 e. The van der Waals surface area contributed by atoms with E-state index in [2.05, 4.69) is 5.32 Å². The molecule has 28 heavy (non-hydrogen) atoms. The summed E-state index contributed by atoms with van der Waals surface area (Å²) < 4.78 is 16.4. The minimum atomic E-state index is -2.13. The molecule has 3 fully saturated rings. The fourth-order valence-corrected chi connectivity index (χ4v) is 5.83. The molecule has 4 bridgehead atoms. The van der Waals surface area contributed by atoms with Gasteiger partial charge in [0.15, 0.2) is 5.60 Å². The summed E-state index contributed by atoms with van der Waals surface area (Å²) in [5, 5.41) is 14.5. The Kier molecular flexibility index (Phi) is 4.06. The monoisotopic (exact) mass is 389 g/mol. The summed E-state index contributed by atoms with van der Waals surface area (Å²) in [6, 6.07) is 8.94. The molecule has 2 aliphatic carbocycles. The van der Waals surface area contributed by atoms with E-state index >= 15 is 0 Å². The molecule has 2 saturated carbocycles. The van der Waals surface area contributed by atoms with Crippen LogP contribution in [-0.4, -0.2) is 54.5 Å². The zero-order valence-electron chi connectivity index (χ0n) is 15.9. The van der Waals surface area contributed by atoms with Crippen LogP contribution in [0.2, 0.25) is 0 Å². The average molecular weight is 389 g/mol. The molecule has 8 nitrogen and oxygen atoms in total. The summed E-state index contributed by atoms with van der Waals surface area (Å²) in [5.74, 6) is -2.56. The maximum absolute atomic E-state index is 13.3. The van der Waals surface area contributed by atoms with Gasteiger partial charge < -0.3 is 24.6 Å². The van der Waals surface area contributed by atoms with E-state index in [1.165, 1.54) is 14.0 Å². The number of rotatable bonds is 5. The lowest BCUT2D eigenvalue weighted by Gasteiger charge is -2.42. The number of esters is 2. The van der Waals surface area contributed by atoms with Crippen LogP contribution in [0.3, 0.4) is 0 Å². The Bertz CT molecular complexity index is 842. The van der Waals surface area contributed by atoms with E-state index in [0.717, 1.165) is 0 Å². The van der Waals surface area contributed by atoms with Gasteiger partial charge in [0.25, 0.3) is 5.91 Å². The van der Waals surface area contributed by atoms with Crippen molar-refractivity contribution in [3.05, 3.63) is 35.9 Å². The van der Waals surface area contributed by atoms with E-state index in [0.29, 0.717) is 5.56 Å². The van der Waals surface area contributed by atoms with E-state index in [9.17, 15) is 19.5 Å². The van der Waals surface area contributed by atoms with E-state index in [1.54, 1.807) is 31.2 Å². The molecule has 8 heteroatoms. The van der Waals surface area contributed by atoms with Gasteiger partial charge in [0.05, 0.1) is 18.1 Å². The summed E-state index contributed by atoms with van der Waals surface area (Å²) in [5.41, 5.74) is -4.50. The molecule has 0 spiro atoms. The number of ether oxygens (including phenoxy) is 3. The van der Waals surface area contributed by atoms with Crippen molar-refractivity contribution in [2.45, 2.75) is 43.6 Å². The molecule has 0 radical (unpaired) electrons. The first kappa shape index (κ1) is 18.9. The lowest BCUT2D eigenvalue weighted by atomic mass is 9.66. The van der Waals surface area contributed by atoms with Crippen molar-refractivity contribution < 1.29 is 33.7 Å². The zero-order chi connectivity index (χ0) is 20.3. The average Bonchev–Trinajstić information content (AvgIpc) is 3.12. The number of methoxy groups -OCH3 is 1. The first-order valence-corrected chi connectivity index (χ1v) is 9.29. The lowest BCUT2D eigenvalue weighted by molar-refractivity contribution is -0.203. The summed E-state index contributed by atoms with van der Waals surface area (Å²) in [6.07, 6.45) is -1.81. The Hall–Kier alpha value is -2.45. The van der Waals surface area contributed by atoms with E-state index in [1.807, 2.05) is 6.07 Å². The number of hydrogen-bond donors (Lipinski definition) is 2. The van der Waals surface area contributed by atoms with Crippen molar-refractivity contribution in [3.63, 3.8) is 0 Å². The van der Waals surface area contributed by atoms with Gasteiger partial charge in [0, 0.05) is 20.5 Å². The third kappa shape index (κ3) is 1.85. The minimum absolute atomic E-state index is 0.0416. The molecule has 2 N–H and O–H groups in total. The van der Waals surface area contributed by atoms with Gasteiger partial charge in [-0.1, -0.05) is 30.3 Å². The Morgan fingerprint density at radius 2 is 1.96 bits per heavy atom. The van der Waals surface area contributed by atoms with Crippen LogP contribution in [0, 0.1) is 11.3 Å². The third-order valence-electron chi connectivity index (χ3n) is 6.55. The molecule has 3 aliphatic rings. The minimum Gasteiger partial charge on any atom is -0.465 e. The predicted octanol–water partition coefficient (Wildman–Crippen LogP) is 0.273. The van der Waals surface area contributed by atoms with E-state index in [-0.39, 0.29) is 13.0 Å². The second-order valence-corrected chi connectivity index (χ2v) is 7.55. The van der Waals surface area contributed by atoms with Crippen molar-refractivity contribution in [2.24, 2.45) is 11.3 Å². The van der Waals surface area contributed by atoms with Crippen LogP contribution in [0.1, 0.15) is 25.8 Å². The lowest BCUT2D eigenvalue weighted by Crippen LogP contribution is -2.65. The van der Waals surface area contributed by atoms with E-state index in [4.69, 9.17) is 14.2 Å². The quantitative estimate of drug-likeness (QED) is 0.696. The summed E-state index contributed by atoms with van der Waals surface area (Å²) >= 11 is 0. The largest absolute Gasteiger partial charge is 0.465 e. The van der Waals surface area contributed by atoms with Gasteiger partial charge in [-0.25, -0.2) is 0 Å². The highest BCUT2D eigenvalue weighted by molar-refractivity contribution is 6.03. The summed E-state index contributed by atoms with van der Waals surface area (Å²) in [4.78, 5) is 38.1. The van der Waals surface area contributed by atoms with Crippen LogP contribution in [0.5, 0.6) is 0 Å². The molecule has 1 aromatic carbocycles. The number of carbonyl (C=O) groups is 3. The normalized spacial score (nSPS) is 40.3. The second-order valence-electron chi connectivity index (χ2n) is 7.55. The number of nitrogens with one attached hydrogen (secondary N) is 1. The highest BCUT2D eigenvalue weighted by atomic mass is 16.6. The third-order valence-corrected chi connectivity index (χ3v) is 6.55. The van der Waals surface area contributed by atoms with Crippen LogP contribution in [0.25, 0.3) is 0 Å². The van der Waals surface area contributed by atoms with Gasteiger partial charge in [-0.15, -0.1) is 0 Å². The van der Waals surface area contributed by atoms with Crippen LogP contribution < -0.4 is 5.32 Å². The fourth-order valence-electron chi connectivity index (χ4n) is 5.83. The summed E-state index contributed by atoms with van der Waals surface area (Å²) in [7, 11) is 1.37. The molecule has 0 aromatic heterocycles. The van der Waals surface area contributed by atoms with Gasteiger partial charge >= 0.3 is 11.9 Å². The highest BCUT2D eigenvalue weighted by Gasteiger charge is 2.93. The number of carbonyl (C=O) groups excluding carboxylic acids is 3. The molecular weight excluding hydrogens is 366 g/mol. The molecule has 1 aliphatic heterocycles. The van der Waals surface area contributed by atoms with Crippen LogP contribution in [-0.2, 0) is 34.1 Å². The number of amides is 1. The Labute approximate surface area is 162 Å². The molecule has 1 amide bonds. The molecule has 150 valence electrons. The number of piperidine rings is 1. The topological polar surface area (TPSA) is 111 Å². The fraction of sp³-hybridized carbons (Fsp3) is 0.550. The van der Waals surface area contributed by atoms with Crippen LogP contribution >= 0.6 is 0 Å². The van der Waals surface area contributed by atoms with Crippen molar-refractivity contribution in [2.75, 3.05) is 13.7 Å². The Morgan fingerprint density at radius 1 is 1.29 bits per heavy atom. The van der Waals surface area contributed by atoms with Gasteiger partial charge in [-0.3, -0.25) is 14.4 Å². The summed E-state index contributed by atoms with van der Waals surface area (Å²) in [6.45, 7) is 3.02. The smallest absolute Gasteiger partial charge is 0.318 e. The van der Waals surface area contributed by atoms with Crippen molar-refractivity contribution in [1.82, 2.24) is 5.32 Å². The van der Waals surface area contributed by atoms with Crippen LogP contribution in [0.15, 0.2) is 30.3 Å². The Morgan fingerprint density at radius 3 is 2.54 bits per heavy atom. The molecule has 4 rings (SSSR count). The first-order chi connectivity index (χ1) is 13.3. The molecule has 1 aromatic rings. The molecule has 1 unspecified atom stereocenters. The van der Waals surface area contributed by atoms with E-state index < -0.39 is 52.5 Å². The maximum atomic E-state index is 13.3. The highest BCUT2D eigenvalue weighted by Crippen LogP contribution is 2.74. The standard InChI is InChI=1S/C20H23NO7/c1-4-27-17(24)18-10-13(28-11(2)22)14-15(26-3)20(18,25)16(23)21-19(14,18)12-8-6-5-7-9-12/h5-9,13-15,25H,4,10H2,1-3H3,(H,21,23)/t13-,14-,15?,18+,19+,20-/m1/s1. The SMILES string of the molecule is CCOC(=O)[C@]12C[C@@H](OC(C)=O)[C@@H]3C(OC)[C@@]1(O)C(=O)N[C@@]32c1ccccc1. The number of hydrogen-bond acceptors (Lipinski definition) is 7. The second kappa shape index (κ2) is 6.02. The Balaban J connectivity index is 2.02. The van der Waals surface area contributed by atoms with Gasteiger partial charge in [-0.05, 0) is 12.5 Å². The first-order valence-electron chi connectivity index (χ1n) is 9.29. The van der Waals surface area contributed by atoms with Gasteiger partial charge in [0.2, 0.25) is 0 Å². The molecule has 6 atom stereocenters. The number of benzene rings is 1. The predicted molar refractivity (Wildman–Crippen MR) is 94.7 cm³/mol. The number of aliphatic hydroxyl groups is 1. The molecule has 1 saturated heterocycles. The van der Waals surface area contributed by atoms with Gasteiger partial charge in [-0.2, -0.15) is 0 Å². The molecule has 1 heterocycles. The van der Waals surface area contributed by atoms with Gasteiger partial charge in [0.1, 0.15) is 17.6 Å². The van der Waals surface area contributed by atoms with Crippen molar-refractivity contribution in [3.8, 4) is 0 Å². The van der Waals surface area contributed by atoms with Crippen molar-refractivity contribution >= 4 is 17.8 Å². The molecular formula is C20H23NO7. The zero-order valence-corrected chi connectivity index (χ0v) is 15.9.